The van der Waals surface area contributed by atoms with Crippen molar-refractivity contribution in [2.45, 2.75) is 39.8 Å². The number of hydrogen-bond acceptors (Lipinski definition) is 6. The van der Waals surface area contributed by atoms with Crippen molar-refractivity contribution in [1.29, 1.82) is 0 Å². The molecule has 1 fully saturated rings. The van der Waals surface area contributed by atoms with Crippen molar-refractivity contribution in [3.63, 3.8) is 0 Å². The first-order valence-corrected chi connectivity index (χ1v) is 13.1. The maximum Gasteiger partial charge on any atom is 0.234 e. The summed E-state index contributed by atoms with van der Waals surface area (Å²) in [5.74, 6) is 0.265. The molecule has 0 bridgehead atoms. The third-order valence-electron chi connectivity index (χ3n) is 5.81. The Bertz CT molecular complexity index is 1150. The molecule has 1 saturated heterocycles. The molecule has 2 aliphatic heterocycles. The highest BCUT2D eigenvalue weighted by Gasteiger charge is 2.47. The van der Waals surface area contributed by atoms with Gasteiger partial charge in [-0.2, -0.15) is 0 Å². The van der Waals surface area contributed by atoms with Crippen molar-refractivity contribution in [2.24, 2.45) is 4.99 Å². The Labute approximate surface area is 188 Å². The van der Waals surface area contributed by atoms with Crippen LogP contribution in [0.1, 0.15) is 22.3 Å². The van der Waals surface area contributed by atoms with Crippen LogP contribution in [0.25, 0.3) is 0 Å². The molecule has 1 N–H and O–H groups in total. The second-order valence-corrected chi connectivity index (χ2v) is 11.5. The standard InChI is InChI=1S/C23H27N3O3S2/c1-14-8-9-15(2)19(10-14)26-20-13-31(28,29)12-18(20)24-23(26)30-11-21(27)25-22-16(3)6-5-7-17(22)4/h5-10,18,20H,11-13H2,1-4H3,(H,25,27)/t18-,20+/m0/s1. The van der Waals surface area contributed by atoms with Gasteiger partial charge in [0.25, 0.3) is 0 Å². The van der Waals surface area contributed by atoms with Crippen molar-refractivity contribution < 1.29 is 13.2 Å². The number of carbonyl (C=O) groups excluding carboxylic acids is 1. The largest absolute Gasteiger partial charge is 0.325 e. The van der Waals surface area contributed by atoms with E-state index in [1.54, 1.807) is 0 Å². The molecule has 0 aromatic heterocycles. The highest BCUT2D eigenvalue weighted by atomic mass is 32.2. The Kier molecular flexibility index (Phi) is 5.87. The van der Waals surface area contributed by atoms with E-state index in [-0.39, 0.29) is 35.2 Å². The first-order valence-electron chi connectivity index (χ1n) is 10.3. The van der Waals surface area contributed by atoms with Crippen LogP contribution in [0, 0.1) is 27.7 Å². The van der Waals surface area contributed by atoms with Crippen LogP contribution in [0.3, 0.4) is 0 Å². The average molecular weight is 458 g/mol. The van der Waals surface area contributed by atoms with Crippen molar-refractivity contribution in [2.75, 3.05) is 27.5 Å². The van der Waals surface area contributed by atoms with Gasteiger partial charge < -0.3 is 10.2 Å². The van der Waals surface area contributed by atoms with Gasteiger partial charge in [0.1, 0.15) is 0 Å². The predicted octanol–water partition coefficient (Wildman–Crippen LogP) is 3.63. The minimum atomic E-state index is -3.11. The molecule has 2 heterocycles. The van der Waals surface area contributed by atoms with Crippen LogP contribution in [-0.4, -0.2) is 48.8 Å². The minimum absolute atomic E-state index is 0.0672. The van der Waals surface area contributed by atoms with Gasteiger partial charge in [-0.05, 0) is 56.0 Å². The van der Waals surface area contributed by atoms with Crippen LogP contribution >= 0.6 is 11.8 Å². The molecular weight excluding hydrogens is 430 g/mol. The first-order chi connectivity index (χ1) is 14.6. The van der Waals surface area contributed by atoms with Gasteiger partial charge in [-0.3, -0.25) is 9.79 Å². The molecule has 2 atom stereocenters. The summed E-state index contributed by atoms with van der Waals surface area (Å²) in [4.78, 5) is 19.5. The maximum atomic E-state index is 12.7. The van der Waals surface area contributed by atoms with Crippen LogP contribution in [0.2, 0.25) is 0 Å². The summed E-state index contributed by atoms with van der Waals surface area (Å²) in [6.45, 7) is 7.98. The molecule has 2 aliphatic rings. The third kappa shape index (κ3) is 4.50. The van der Waals surface area contributed by atoms with Gasteiger partial charge >= 0.3 is 0 Å². The number of amidine groups is 1. The number of carbonyl (C=O) groups is 1. The molecular formula is C23H27N3O3S2. The van der Waals surface area contributed by atoms with Crippen LogP contribution in [-0.2, 0) is 14.6 Å². The van der Waals surface area contributed by atoms with E-state index >= 15 is 0 Å². The Hall–Kier alpha value is -2.32. The van der Waals surface area contributed by atoms with E-state index in [4.69, 9.17) is 4.99 Å². The van der Waals surface area contributed by atoms with Gasteiger partial charge in [-0.1, -0.05) is 42.1 Å². The van der Waals surface area contributed by atoms with E-state index in [2.05, 4.69) is 11.4 Å². The second-order valence-electron chi connectivity index (χ2n) is 8.39. The topological polar surface area (TPSA) is 78.8 Å². The predicted molar refractivity (Wildman–Crippen MR) is 129 cm³/mol. The van der Waals surface area contributed by atoms with E-state index in [9.17, 15) is 13.2 Å². The van der Waals surface area contributed by atoms with Crippen molar-refractivity contribution >= 4 is 44.0 Å². The Balaban J connectivity index is 1.56. The lowest BCUT2D eigenvalue weighted by Gasteiger charge is -2.28. The van der Waals surface area contributed by atoms with E-state index in [1.165, 1.54) is 11.8 Å². The number of anilines is 2. The highest BCUT2D eigenvalue weighted by Crippen LogP contribution is 2.37. The number of aliphatic imine (C=N–C) groups is 1. The fourth-order valence-corrected chi connectivity index (χ4v) is 6.97. The molecule has 8 heteroatoms. The lowest BCUT2D eigenvalue weighted by atomic mass is 10.1. The lowest BCUT2D eigenvalue weighted by Crippen LogP contribution is -2.40. The van der Waals surface area contributed by atoms with Gasteiger partial charge in [-0.25, -0.2) is 8.42 Å². The van der Waals surface area contributed by atoms with Crippen molar-refractivity contribution in [3.8, 4) is 0 Å². The molecule has 1 amide bonds. The van der Waals surface area contributed by atoms with Crippen LogP contribution in [0.4, 0.5) is 11.4 Å². The smallest absolute Gasteiger partial charge is 0.234 e. The summed E-state index contributed by atoms with van der Waals surface area (Å²) >= 11 is 1.37. The van der Waals surface area contributed by atoms with Gasteiger partial charge in [0.15, 0.2) is 15.0 Å². The number of benzene rings is 2. The van der Waals surface area contributed by atoms with E-state index in [0.717, 1.165) is 38.8 Å². The number of nitrogens with zero attached hydrogens (tertiary/aromatic N) is 2. The third-order valence-corrected chi connectivity index (χ3v) is 8.48. The lowest BCUT2D eigenvalue weighted by molar-refractivity contribution is -0.113. The molecule has 6 nitrogen and oxygen atoms in total. The minimum Gasteiger partial charge on any atom is -0.325 e. The number of nitrogens with one attached hydrogen (secondary N) is 1. The molecule has 4 rings (SSSR count). The monoisotopic (exact) mass is 457 g/mol. The summed E-state index contributed by atoms with van der Waals surface area (Å²) in [5.41, 5.74) is 6.01. The van der Waals surface area contributed by atoms with E-state index in [1.807, 2.05) is 62.9 Å². The van der Waals surface area contributed by atoms with Crippen LogP contribution in [0.5, 0.6) is 0 Å². The van der Waals surface area contributed by atoms with Gasteiger partial charge in [-0.15, -0.1) is 0 Å². The van der Waals surface area contributed by atoms with Crippen LogP contribution in [0.15, 0.2) is 41.4 Å². The van der Waals surface area contributed by atoms with Gasteiger partial charge in [0.05, 0.1) is 29.3 Å². The molecule has 0 spiro atoms. The average Bonchev–Trinajstić information content (AvgIpc) is 3.16. The molecule has 0 aliphatic carbocycles. The Morgan fingerprint density at radius 1 is 1.10 bits per heavy atom. The zero-order valence-corrected chi connectivity index (χ0v) is 19.8. The van der Waals surface area contributed by atoms with Crippen LogP contribution < -0.4 is 10.2 Å². The quantitative estimate of drug-likeness (QED) is 0.758. The summed E-state index contributed by atoms with van der Waals surface area (Å²) < 4.78 is 24.5. The van der Waals surface area contributed by atoms with Crippen molar-refractivity contribution in [1.82, 2.24) is 0 Å². The summed E-state index contributed by atoms with van der Waals surface area (Å²) in [7, 11) is -3.11. The Morgan fingerprint density at radius 2 is 1.81 bits per heavy atom. The summed E-state index contributed by atoms with van der Waals surface area (Å²) in [6, 6.07) is 11.6. The number of thioether (sulfide) groups is 1. The number of sulfone groups is 1. The fourth-order valence-electron chi connectivity index (χ4n) is 4.21. The van der Waals surface area contributed by atoms with E-state index in [0.29, 0.717) is 0 Å². The summed E-state index contributed by atoms with van der Waals surface area (Å²) in [5, 5.41) is 3.73. The summed E-state index contributed by atoms with van der Waals surface area (Å²) in [6.07, 6.45) is 0. The SMILES string of the molecule is Cc1ccc(C)c(N2C(SCC(=O)Nc3c(C)cccc3C)=N[C@H]3CS(=O)(=O)C[C@H]32)c1. The molecule has 164 valence electrons. The number of rotatable bonds is 4. The fraction of sp³-hybridized carbons (Fsp3) is 0.391. The van der Waals surface area contributed by atoms with E-state index < -0.39 is 9.84 Å². The maximum absolute atomic E-state index is 12.7. The normalized spacial score (nSPS) is 21.7. The molecule has 31 heavy (non-hydrogen) atoms. The van der Waals surface area contributed by atoms with Gasteiger partial charge in [0.2, 0.25) is 5.91 Å². The molecule has 0 saturated carbocycles. The Morgan fingerprint density at radius 3 is 2.52 bits per heavy atom. The zero-order chi connectivity index (χ0) is 22.3. The number of para-hydroxylation sites is 1. The highest BCUT2D eigenvalue weighted by molar-refractivity contribution is 8.14. The molecule has 2 aromatic carbocycles. The first kappa shape index (κ1) is 21.9. The number of amides is 1. The number of hydrogen-bond donors (Lipinski definition) is 1. The van der Waals surface area contributed by atoms with Crippen molar-refractivity contribution in [3.05, 3.63) is 58.7 Å². The number of fused-ring (bicyclic) bond motifs is 1. The molecule has 0 unspecified atom stereocenters. The molecule has 2 aromatic rings. The number of aryl methyl sites for hydroxylation is 4. The zero-order valence-electron chi connectivity index (χ0n) is 18.2. The second kappa shape index (κ2) is 8.31. The molecule has 0 radical (unpaired) electrons. The van der Waals surface area contributed by atoms with Gasteiger partial charge in [0, 0.05) is 11.4 Å².